The maximum atomic E-state index is 13.2. The van der Waals surface area contributed by atoms with E-state index in [0.717, 1.165) is 17.7 Å². The molecule has 21 heavy (non-hydrogen) atoms. The summed E-state index contributed by atoms with van der Waals surface area (Å²) in [6, 6.07) is 10.3. The van der Waals surface area contributed by atoms with Crippen LogP contribution >= 0.6 is 11.6 Å². The van der Waals surface area contributed by atoms with Gasteiger partial charge in [-0.25, -0.2) is 17.5 Å². The fraction of sp³-hybridized carbons (Fsp3) is 0.143. The molecule has 0 heterocycles. The first-order valence-corrected chi connectivity index (χ1v) is 8.03. The van der Waals surface area contributed by atoms with Crippen molar-refractivity contribution in [2.45, 2.75) is 11.3 Å². The molecule has 0 spiro atoms. The molecule has 0 unspecified atom stereocenters. The molecule has 7 heteroatoms. The summed E-state index contributed by atoms with van der Waals surface area (Å²) < 4.78 is 39.7. The summed E-state index contributed by atoms with van der Waals surface area (Å²) in [5.41, 5.74) is 6.45. The molecule has 2 aromatic rings. The van der Waals surface area contributed by atoms with Gasteiger partial charge in [0.2, 0.25) is 10.0 Å². The number of sulfonamides is 1. The first kappa shape index (κ1) is 15.8. The largest absolute Gasteiger partial charge is 0.399 e. The number of nitrogen functional groups attached to an aromatic ring is 1. The van der Waals surface area contributed by atoms with Gasteiger partial charge in [-0.1, -0.05) is 23.7 Å². The normalized spacial score (nSPS) is 11.5. The highest BCUT2D eigenvalue weighted by Crippen LogP contribution is 2.16. The van der Waals surface area contributed by atoms with Gasteiger partial charge in [-0.2, -0.15) is 0 Å². The fourth-order valence-electron chi connectivity index (χ4n) is 1.80. The average molecular weight is 329 g/mol. The predicted octanol–water partition coefficient (Wildman–Crippen LogP) is 2.58. The van der Waals surface area contributed by atoms with Crippen molar-refractivity contribution < 1.29 is 12.8 Å². The maximum absolute atomic E-state index is 13.2. The minimum atomic E-state index is -3.78. The van der Waals surface area contributed by atoms with Crippen LogP contribution in [0.1, 0.15) is 5.56 Å². The van der Waals surface area contributed by atoms with E-state index in [1.807, 2.05) is 12.1 Å². The number of benzene rings is 2. The zero-order chi connectivity index (χ0) is 15.5. The highest BCUT2D eigenvalue weighted by molar-refractivity contribution is 7.89. The van der Waals surface area contributed by atoms with Gasteiger partial charge in [0.25, 0.3) is 0 Å². The van der Waals surface area contributed by atoms with Gasteiger partial charge in [0.05, 0.1) is 4.90 Å². The van der Waals surface area contributed by atoms with Crippen LogP contribution in [0.2, 0.25) is 5.02 Å². The first-order chi connectivity index (χ1) is 9.87. The predicted molar refractivity (Wildman–Crippen MR) is 81.2 cm³/mol. The standard InChI is InChI=1S/C14H14ClFN2O2S/c15-11-3-1-10(2-4-11)5-6-18-21(19,20)14-8-12(16)7-13(17)9-14/h1-4,7-9,18H,5-6,17H2. The zero-order valence-corrected chi connectivity index (χ0v) is 12.6. The Hall–Kier alpha value is -1.63. The van der Waals surface area contributed by atoms with E-state index in [9.17, 15) is 12.8 Å². The number of hydrogen-bond donors (Lipinski definition) is 2. The second-order valence-electron chi connectivity index (χ2n) is 4.49. The monoisotopic (exact) mass is 328 g/mol. The SMILES string of the molecule is Nc1cc(F)cc(S(=O)(=O)NCCc2ccc(Cl)cc2)c1. The molecule has 0 saturated heterocycles. The van der Waals surface area contributed by atoms with Crippen molar-refractivity contribution in [1.29, 1.82) is 0 Å². The summed E-state index contributed by atoms with van der Waals surface area (Å²) in [5.74, 6) is -0.687. The van der Waals surface area contributed by atoms with E-state index >= 15 is 0 Å². The third-order valence-corrected chi connectivity index (χ3v) is 4.52. The van der Waals surface area contributed by atoms with Crippen LogP contribution in [-0.2, 0) is 16.4 Å². The van der Waals surface area contributed by atoms with Gasteiger partial charge in [0, 0.05) is 17.3 Å². The molecule has 0 atom stereocenters. The van der Waals surface area contributed by atoms with Crippen LogP contribution in [0, 0.1) is 5.82 Å². The Kier molecular flexibility index (Phi) is 4.82. The lowest BCUT2D eigenvalue weighted by Gasteiger charge is -2.08. The third-order valence-electron chi connectivity index (χ3n) is 2.82. The van der Waals surface area contributed by atoms with Gasteiger partial charge in [0.1, 0.15) is 5.82 Å². The molecule has 112 valence electrons. The molecule has 4 nitrogen and oxygen atoms in total. The second kappa shape index (κ2) is 6.43. The number of hydrogen-bond acceptors (Lipinski definition) is 3. The Morgan fingerprint density at radius 2 is 1.81 bits per heavy atom. The lowest BCUT2D eigenvalue weighted by molar-refractivity contribution is 0.578. The van der Waals surface area contributed by atoms with Crippen molar-refractivity contribution >= 4 is 27.3 Å². The minimum absolute atomic E-state index is 0.0630. The van der Waals surface area contributed by atoms with E-state index in [1.54, 1.807) is 12.1 Å². The number of nitrogens with two attached hydrogens (primary N) is 1. The van der Waals surface area contributed by atoms with Gasteiger partial charge in [-0.15, -0.1) is 0 Å². The quantitative estimate of drug-likeness (QED) is 0.829. The molecule has 0 saturated carbocycles. The topological polar surface area (TPSA) is 72.2 Å². The minimum Gasteiger partial charge on any atom is -0.399 e. The molecule has 0 aliphatic heterocycles. The van der Waals surface area contributed by atoms with Crippen LogP contribution in [0.5, 0.6) is 0 Å². The molecular weight excluding hydrogens is 315 g/mol. The second-order valence-corrected chi connectivity index (χ2v) is 6.70. The van der Waals surface area contributed by atoms with Gasteiger partial charge in [-0.3, -0.25) is 0 Å². The van der Waals surface area contributed by atoms with E-state index < -0.39 is 15.8 Å². The zero-order valence-electron chi connectivity index (χ0n) is 11.0. The van der Waals surface area contributed by atoms with Crippen LogP contribution in [0.3, 0.4) is 0 Å². The molecule has 2 rings (SSSR count). The average Bonchev–Trinajstić information content (AvgIpc) is 2.40. The summed E-state index contributed by atoms with van der Waals surface area (Å²) in [5, 5.41) is 0.620. The molecule has 0 fully saturated rings. The van der Waals surface area contributed by atoms with Gasteiger partial charge < -0.3 is 5.73 Å². The summed E-state index contributed by atoms with van der Waals surface area (Å²) in [6.45, 7) is 0.195. The van der Waals surface area contributed by atoms with Crippen molar-refractivity contribution in [3.8, 4) is 0 Å². The van der Waals surface area contributed by atoms with Crippen molar-refractivity contribution in [1.82, 2.24) is 4.72 Å². The third kappa shape index (κ3) is 4.42. The van der Waals surface area contributed by atoms with Crippen LogP contribution in [0.25, 0.3) is 0 Å². The Bertz CT molecular complexity index is 713. The highest BCUT2D eigenvalue weighted by atomic mass is 35.5. The molecule has 0 aromatic heterocycles. The highest BCUT2D eigenvalue weighted by Gasteiger charge is 2.15. The molecule has 0 aliphatic rings. The molecule has 0 bridgehead atoms. The van der Waals surface area contributed by atoms with Crippen molar-refractivity contribution in [2.75, 3.05) is 12.3 Å². The summed E-state index contributed by atoms with van der Waals surface area (Å²) in [4.78, 5) is -0.184. The van der Waals surface area contributed by atoms with Gasteiger partial charge in [0.15, 0.2) is 0 Å². The Labute approximate surface area is 127 Å². The van der Waals surface area contributed by atoms with Crippen molar-refractivity contribution in [3.05, 3.63) is 58.9 Å². The molecule has 0 radical (unpaired) electrons. The Morgan fingerprint density at radius 3 is 2.43 bits per heavy atom. The van der Waals surface area contributed by atoms with Crippen LogP contribution in [0.4, 0.5) is 10.1 Å². The van der Waals surface area contributed by atoms with Crippen molar-refractivity contribution in [2.24, 2.45) is 0 Å². The molecule has 3 N–H and O–H groups in total. The Balaban J connectivity index is 2.02. The van der Waals surface area contributed by atoms with Crippen LogP contribution < -0.4 is 10.5 Å². The van der Waals surface area contributed by atoms with Gasteiger partial charge >= 0.3 is 0 Å². The van der Waals surface area contributed by atoms with Crippen LogP contribution in [-0.4, -0.2) is 15.0 Å². The van der Waals surface area contributed by atoms with Gasteiger partial charge in [-0.05, 0) is 42.3 Å². The number of halogens is 2. The molecule has 2 aromatic carbocycles. The summed E-state index contributed by atoms with van der Waals surface area (Å²) in [6.07, 6.45) is 0.501. The van der Waals surface area contributed by atoms with E-state index in [1.165, 1.54) is 6.07 Å². The summed E-state index contributed by atoms with van der Waals surface area (Å²) >= 11 is 5.77. The molecule has 0 amide bonds. The summed E-state index contributed by atoms with van der Waals surface area (Å²) in [7, 11) is -3.78. The van der Waals surface area contributed by atoms with E-state index in [0.29, 0.717) is 11.4 Å². The first-order valence-electron chi connectivity index (χ1n) is 6.17. The van der Waals surface area contributed by atoms with Crippen molar-refractivity contribution in [3.63, 3.8) is 0 Å². The van der Waals surface area contributed by atoms with E-state index in [4.69, 9.17) is 17.3 Å². The van der Waals surface area contributed by atoms with E-state index in [2.05, 4.69) is 4.72 Å². The van der Waals surface area contributed by atoms with E-state index in [-0.39, 0.29) is 17.1 Å². The van der Waals surface area contributed by atoms with Crippen LogP contribution in [0.15, 0.2) is 47.4 Å². The number of anilines is 1. The smallest absolute Gasteiger partial charge is 0.240 e. The molecule has 0 aliphatic carbocycles. The lowest BCUT2D eigenvalue weighted by atomic mass is 10.2. The number of rotatable bonds is 5. The molecular formula is C14H14ClFN2O2S. The Morgan fingerprint density at radius 1 is 1.14 bits per heavy atom. The lowest BCUT2D eigenvalue weighted by Crippen LogP contribution is -2.26. The fourth-order valence-corrected chi connectivity index (χ4v) is 3.03. The maximum Gasteiger partial charge on any atom is 0.240 e. The number of nitrogens with one attached hydrogen (secondary N) is 1.